The summed E-state index contributed by atoms with van der Waals surface area (Å²) in [6.07, 6.45) is 0. The molecular weight excluding hydrogens is 231 g/mol. The van der Waals surface area contributed by atoms with Gasteiger partial charge in [0.25, 0.3) is 0 Å². The summed E-state index contributed by atoms with van der Waals surface area (Å²) in [5.41, 5.74) is 2.29. The van der Waals surface area contributed by atoms with Crippen molar-refractivity contribution in [2.45, 2.75) is 41.2 Å². The van der Waals surface area contributed by atoms with Crippen LogP contribution in [0.4, 0.5) is 0 Å². The molecule has 0 fully saturated rings. The quantitative estimate of drug-likeness (QED) is 0.705. The minimum Gasteiger partial charge on any atom is -0.324 e. The summed E-state index contributed by atoms with van der Waals surface area (Å²) >= 11 is 0. The molecule has 100 valence electrons. The van der Waals surface area contributed by atoms with Crippen LogP contribution in [0.3, 0.4) is 0 Å². The van der Waals surface area contributed by atoms with Gasteiger partial charge >= 0.3 is 0 Å². The summed E-state index contributed by atoms with van der Waals surface area (Å²) in [5, 5.41) is 0. The normalized spacial score (nSPS) is 9.59. The lowest BCUT2D eigenvalue weighted by Gasteiger charge is -2.08. The van der Waals surface area contributed by atoms with Gasteiger partial charge in [-0.05, 0) is 12.5 Å². The molecule has 0 unspecified atom stereocenters. The first-order valence-electron chi connectivity index (χ1n) is 6.22. The molecule has 2 nitrogen and oxygen atoms in total. The smallest absolute Gasteiger partial charge is 0.197 e. The van der Waals surface area contributed by atoms with Crippen molar-refractivity contribution >= 4 is 7.37 Å². The molecule has 0 saturated carbocycles. The van der Waals surface area contributed by atoms with Crippen molar-refractivity contribution in [1.29, 1.82) is 0 Å². The van der Waals surface area contributed by atoms with Crippen LogP contribution in [0.15, 0.2) is 24.3 Å². The van der Waals surface area contributed by atoms with Crippen molar-refractivity contribution in [1.82, 2.24) is 0 Å². The number of hydrogen-bond acceptors (Lipinski definition) is 2. The largest absolute Gasteiger partial charge is 0.324 e. The molecule has 0 radical (unpaired) electrons. The van der Waals surface area contributed by atoms with Crippen LogP contribution >= 0.6 is 7.37 Å². The van der Waals surface area contributed by atoms with E-state index in [1.807, 2.05) is 58.9 Å². The molecule has 1 rings (SSSR count). The van der Waals surface area contributed by atoms with E-state index in [1.54, 1.807) is 13.3 Å². The topological polar surface area (TPSA) is 26.3 Å². The first-order valence-corrected chi connectivity index (χ1v) is 8.74. The minimum absolute atomic E-state index is 0.435. The monoisotopic (exact) mass is 258 g/mol. The maximum Gasteiger partial charge on any atom is 0.197 e. The molecule has 1 aromatic rings. The third-order valence-corrected chi connectivity index (χ3v) is 2.41. The lowest BCUT2D eigenvalue weighted by molar-refractivity contribution is 0.310. The SMILES string of the molecule is CC.CC.Cc1ccc(COP(C)(C)=O)cc1. The highest BCUT2D eigenvalue weighted by molar-refractivity contribution is 7.57. The van der Waals surface area contributed by atoms with Crippen LogP contribution in [0.1, 0.15) is 38.8 Å². The Balaban J connectivity index is 0. The molecule has 0 heterocycles. The summed E-state index contributed by atoms with van der Waals surface area (Å²) < 4.78 is 16.4. The zero-order valence-electron chi connectivity index (χ0n) is 12.3. The summed E-state index contributed by atoms with van der Waals surface area (Å²) in [5.74, 6) is 0. The summed E-state index contributed by atoms with van der Waals surface area (Å²) in [6, 6.07) is 8.03. The zero-order chi connectivity index (χ0) is 13.9. The predicted molar refractivity (Wildman–Crippen MR) is 78.1 cm³/mol. The summed E-state index contributed by atoms with van der Waals surface area (Å²) in [4.78, 5) is 0. The Hall–Kier alpha value is -0.590. The summed E-state index contributed by atoms with van der Waals surface area (Å²) in [7, 11) is -2.34. The fourth-order valence-electron chi connectivity index (χ4n) is 0.914. The second kappa shape index (κ2) is 10.6. The average Bonchev–Trinajstić information content (AvgIpc) is 2.33. The molecule has 3 heteroatoms. The Labute approximate surface area is 107 Å². The standard InChI is InChI=1S/C10H15O2P.2C2H6/c1-9-4-6-10(7-5-9)8-12-13(2,3)11;2*1-2/h4-7H,8H2,1-3H3;2*1-2H3. The van der Waals surface area contributed by atoms with Crippen molar-refractivity contribution in [2.75, 3.05) is 13.3 Å². The number of rotatable bonds is 3. The van der Waals surface area contributed by atoms with E-state index in [0.29, 0.717) is 6.61 Å². The highest BCUT2D eigenvalue weighted by Gasteiger charge is 2.06. The number of benzene rings is 1. The lowest BCUT2D eigenvalue weighted by atomic mass is 10.2. The lowest BCUT2D eigenvalue weighted by Crippen LogP contribution is -1.89. The molecule has 0 N–H and O–H groups in total. The van der Waals surface area contributed by atoms with Crippen molar-refractivity contribution in [3.8, 4) is 0 Å². The predicted octanol–water partition coefficient (Wildman–Crippen LogP) is 5.10. The van der Waals surface area contributed by atoms with Gasteiger partial charge in [-0.2, -0.15) is 0 Å². The molecule has 0 aromatic heterocycles. The molecule has 17 heavy (non-hydrogen) atoms. The molecule has 0 saturated heterocycles. The van der Waals surface area contributed by atoms with Gasteiger partial charge in [-0.25, -0.2) is 0 Å². The number of aryl methyl sites for hydroxylation is 1. The van der Waals surface area contributed by atoms with E-state index < -0.39 is 7.37 Å². The van der Waals surface area contributed by atoms with E-state index in [4.69, 9.17) is 4.52 Å². The Morgan fingerprint density at radius 2 is 1.41 bits per heavy atom. The molecule has 1 aromatic carbocycles. The Morgan fingerprint density at radius 3 is 1.76 bits per heavy atom. The number of hydrogen-bond donors (Lipinski definition) is 0. The van der Waals surface area contributed by atoms with Gasteiger partial charge in [-0.3, -0.25) is 4.57 Å². The fraction of sp³-hybridized carbons (Fsp3) is 0.571. The van der Waals surface area contributed by atoms with Crippen LogP contribution in [0.25, 0.3) is 0 Å². The van der Waals surface area contributed by atoms with Gasteiger partial charge in [-0.1, -0.05) is 57.5 Å². The highest BCUT2D eigenvalue weighted by Crippen LogP contribution is 2.38. The Bertz CT molecular complexity index is 311. The van der Waals surface area contributed by atoms with E-state index in [9.17, 15) is 4.57 Å². The van der Waals surface area contributed by atoms with Crippen LogP contribution in [0.2, 0.25) is 0 Å². The zero-order valence-corrected chi connectivity index (χ0v) is 13.2. The van der Waals surface area contributed by atoms with Crippen LogP contribution in [-0.4, -0.2) is 13.3 Å². The molecule has 0 aliphatic rings. The molecule has 0 atom stereocenters. The highest BCUT2D eigenvalue weighted by atomic mass is 31.2. The van der Waals surface area contributed by atoms with Crippen molar-refractivity contribution < 1.29 is 9.09 Å². The molecule has 0 aliphatic heterocycles. The first-order chi connectivity index (χ1) is 7.97. The van der Waals surface area contributed by atoms with E-state index >= 15 is 0 Å². The second-order valence-corrected chi connectivity index (χ2v) is 6.27. The third kappa shape index (κ3) is 11.7. The summed E-state index contributed by atoms with van der Waals surface area (Å²) in [6.45, 7) is 13.7. The maximum absolute atomic E-state index is 11.2. The van der Waals surface area contributed by atoms with E-state index in [1.165, 1.54) is 5.56 Å². The minimum atomic E-state index is -2.34. The van der Waals surface area contributed by atoms with Crippen LogP contribution in [-0.2, 0) is 15.7 Å². The molecule has 0 amide bonds. The second-order valence-electron chi connectivity index (χ2n) is 3.51. The Morgan fingerprint density at radius 1 is 1.00 bits per heavy atom. The third-order valence-electron chi connectivity index (χ3n) is 1.66. The molecule has 0 bridgehead atoms. The van der Waals surface area contributed by atoms with Crippen molar-refractivity contribution in [3.05, 3.63) is 35.4 Å². The fourth-order valence-corrected chi connectivity index (χ4v) is 1.37. The van der Waals surface area contributed by atoms with E-state index in [2.05, 4.69) is 0 Å². The van der Waals surface area contributed by atoms with Gasteiger partial charge in [0.2, 0.25) is 0 Å². The molecule has 0 spiro atoms. The van der Waals surface area contributed by atoms with Crippen molar-refractivity contribution in [2.24, 2.45) is 0 Å². The van der Waals surface area contributed by atoms with Crippen LogP contribution < -0.4 is 0 Å². The maximum atomic E-state index is 11.2. The van der Waals surface area contributed by atoms with Crippen LogP contribution in [0, 0.1) is 6.92 Å². The van der Waals surface area contributed by atoms with Gasteiger partial charge < -0.3 is 4.52 Å². The van der Waals surface area contributed by atoms with E-state index in [0.717, 1.165) is 5.56 Å². The first kappa shape index (κ1) is 18.8. The van der Waals surface area contributed by atoms with Gasteiger partial charge in [0.15, 0.2) is 7.37 Å². The van der Waals surface area contributed by atoms with Crippen molar-refractivity contribution in [3.63, 3.8) is 0 Å². The van der Waals surface area contributed by atoms with Gasteiger partial charge in [0.05, 0.1) is 6.61 Å². The van der Waals surface area contributed by atoms with Gasteiger partial charge in [0.1, 0.15) is 0 Å². The average molecular weight is 258 g/mol. The van der Waals surface area contributed by atoms with E-state index in [-0.39, 0.29) is 0 Å². The van der Waals surface area contributed by atoms with Gasteiger partial charge in [-0.15, -0.1) is 0 Å². The Kier molecular flexibility index (Phi) is 11.7. The molecule has 0 aliphatic carbocycles. The van der Waals surface area contributed by atoms with Crippen LogP contribution in [0.5, 0.6) is 0 Å². The van der Waals surface area contributed by atoms with Gasteiger partial charge in [0, 0.05) is 13.3 Å². The molecular formula is C14H27O2P.